The first kappa shape index (κ1) is 96.8. The van der Waals surface area contributed by atoms with E-state index in [-0.39, 0.29) is 142 Å². The van der Waals surface area contributed by atoms with Crippen LogP contribution < -0.4 is 56.6 Å². The monoisotopic (exact) mass is 3140 g/mol. The zero-order valence-electron chi connectivity index (χ0n) is 74.2. The second kappa shape index (κ2) is 38.1. The number of hydrogen-bond donors (Lipinski definition) is 0. The minimum atomic E-state index is -0.635. The molecule has 10 aromatic heterocycles. The van der Waals surface area contributed by atoms with Gasteiger partial charge in [0.1, 0.15) is 0 Å². The Kier molecular flexibility index (Phi) is 27.1. The summed E-state index contributed by atoms with van der Waals surface area (Å²) in [5, 5.41) is 20.4. The maximum atomic E-state index is 4.90. The number of nitrogens with zero attached hydrogens (tertiary/aromatic N) is 9. The van der Waals surface area contributed by atoms with E-state index in [0.29, 0.717) is 59.8 Å². The summed E-state index contributed by atoms with van der Waals surface area (Å²) in [4.78, 5) is 30.7. The van der Waals surface area contributed by atoms with Crippen LogP contribution in [0.3, 0.4) is 0 Å². The topological polar surface area (TPSA) is 90.4 Å². The van der Waals surface area contributed by atoms with E-state index >= 15 is 0 Å². The molecule has 0 N–H and O–H groups in total. The van der Waals surface area contributed by atoms with Gasteiger partial charge in [-0.25, -0.2) is 0 Å². The van der Waals surface area contributed by atoms with Crippen molar-refractivity contribution in [1.29, 1.82) is 0 Å². The van der Waals surface area contributed by atoms with Crippen LogP contribution in [0.2, 0.25) is 0 Å². The molecule has 3 unspecified atom stereocenters. The fourth-order valence-electron chi connectivity index (χ4n) is 21.0. The van der Waals surface area contributed by atoms with E-state index in [4.69, 9.17) is 15.0 Å². The van der Waals surface area contributed by atoms with E-state index in [9.17, 15) is 0 Å². The third-order valence-corrected chi connectivity index (χ3v) is 43.8. The summed E-state index contributed by atoms with van der Waals surface area (Å²) < 4.78 is 15.8. The molecule has 8 aliphatic heterocycles. The minimum absolute atomic E-state index is 0. The van der Waals surface area contributed by atoms with Gasteiger partial charge in [0.15, 0.2) is 0 Å². The second-order valence-corrected chi connectivity index (χ2v) is 50.6. The average Bonchev–Trinajstić information content (AvgIpc) is 1.47. The Morgan fingerprint density at radius 3 is 1.38 bits per heavy atom. The Labute approximate surface area is 900 Å². The number of rotatable bonds is 0. The fraction of sp³-hybridized carbons (Fsp3) is 0.105. The Morgan fingerprint density at radius 1 is 0.279 bits per heavy atom. The summed E-state index contributed by atoms with van der Waals surface area (Å²) in [6.45, 7) is 18.7. The van der Waals surface area contributed by atoms with Crippen LogP contribution in [0, 0.1) is 36.4 Å². The molecule has 0 saturated heterocycles. The second-order valence-electron chi connectivity index (χ2n) is 35.6. The Morgan fingerprint density at radius 2 is 0.676 bits per heavy atom. The molecule has 0 aliphatic carbocycles. The summed E-state index contributed by atoms with van der Waals surface area (Å²) in [6.07, 6.45) is 11.5. The van der Waals surface area contributed by atoms with Crippen molar-refractivity contribution in [1.82, 2.24) is 39.0 Å². The summed E-state index contributed by atoms with van der Waals surface area (Å²) in [5.74, 6) is 2.17. The van der Waals surface area contributed by atoms with E-state index in [1.54, 1.807) is 0 Å². The first-order valence-electron chi connectivity index (χ1n) is 43.7. The molecule has 678 valence electrons. The zero-order chi connectivity index (χ0) is 87.2. The molecule has 30 rings (SSSR count). The molecule has 18 heterocycles. The first-order chi connectivity index (χ1) is 63.6. The third kappa shape index (κ3) is 15.2. The molecule has 6 radical (unpaired) electrons. The maximum absolute atomic E-state index is 4.90. The number of para-hydroxylation sites is 6. The molecule has 22 aromatic rings. The van der Waals surface area contributed by atoms with Crippen LogP contribution in [-0.2, 0) is 142 Å². The van der Waals surface area contributed by atoms with Crippen molar-refractivity contribution < 1.29 is 121 Å². The van der Waals surface area contributed by atoms with Crippen molar-refractivity contribution in [2.45, 2.75) is 77.0 Å². The van der Waals surface area contributed by atoms with Gasteiger partial charge in [-0.1, -0.05) is 149 Å². The quantitative estimate of drug-likeness (QED) is 0.0849. The van der Waals surface area contributed by atoms with Crippen molar-refractivity contribution in [2.24, 2.45) is 0 Å². The van der Waals surface area contributed by atoms with Crippen LogP contribution in [0.25, 0.3) is 108 Å². The van der Waals surface area contributed by atoms with Crippen LogP contribution in [0.4, 0.5) is 17.2 Å². The summed E-state index contributed by atoms with van der Waals surface area (Å²) >= 11 is 1.37. The standard InChI is InChI=1S/C23H21NP.2C20H15NP.C17H9N2Se2.2C17H9N2Se.6Ir/c1-22(2)15-9-5-6-13-19(15)25-20-16(22)10-7-11-17(20)23(3,4)18-12-8-14-24-21(18)25;1-20(2)15-9-3-4-11-17(15)22-18-13(7-5-10-16(18)20)14-8-6-12-21-19(14)22;1-20(2)15-9-5-8-14-13-7-3-4-11-17(13)22(18(14)15)19-16(20)10-6-12-21-19;1-2-6-12-11(5-1)19-16-13(20-12)7-3-8-14(16)21-15-9-4-10-18-17(15)19;1-2-8-14-13(7-1)19-16-11(5-3-9-15(16)20-14)12-6-4-10-18-17(12)19;1-2-7-13-11(5-1)12-6-3-8-14-16(12)19(13)17-15(20-14)9-4-10-18-17;;;;;;/h5-12,14H,1-4H3;2*3-10,12H,1-2H3;1-4,6-10H;2*1-6,8-10H;;;;;;/q6*-1;;;;;;. The summed E-state index contributed by atoms with van der Waals surface area (Å²) in [7, 11) is -1.73. The van der Waals surface area contributed by atoms with Crippen LogP contribution >= 0.6 is 23.0 Å². The van der Waals surface area contributed by atoms with E-state index in [0.717, 1.165) is 22.8 Å². The fourth-order valence-corrected chi connectivity index (χ4v) is 39.9. The number of hydrogen-bond acceptors (Lipinski definition) is 7. The molecule has 0 bridgehead atoms. The molecule has 0 saturated carbocycles. The van der Waals surface area contributed by atoms with Crippen molar-refractivity contribution in [3.8, 4) is 22.2 Å². The van der Waals surface area contributed by atoms with Gasteiger partial charge < -0.3 is 0 Å². The molecular weight excluding hydrogens is 3060 g/mol. The molecule has 136 heavy (non-hydrogen) atoms. The predicted octanol–water partition coefficient (Wildman–Crippen LogP) is 19.7. The van der Waals surface area contributed by atoms with Crippen molar-refractivity contribution in [3.63, 3.8) is 0 Å². The van der Waals surface area contributed by atoms with E-state index in [1.807, 2.05) is 91.8 Å². The summed E-state index contributed by atoms with van der Waals surface area (Å²) in [6, 6.07) is 125. The Hall–Kier alpha value is -8.06. The van der Waals surface area contributed by atoms with Gasteiger partial charge in [-0.05, 0) is 86.1 Å². The van der Waals surface area contributed by atoms with Gasteiger partial charge in [0, 0.05) is 161 Å². The Bertz CT molecular complexity index is 8080. The summed E-state index contributed by atoms with van der Waals surface area (Å²) in [5.41, 5.74) is 22.5. The Balaban J connectivity index is 0.000000104. The number of benzene rings is 12. The average molecular weight is 3140 g/mol. The van der Waals surface area contributed by atoms with E-state index in [2.05, 4.69) is 357 Å². The normalized spacial score (nSPS) is 15.0. The molecule has 3 atom stereocenters. The van der Waals surface area contributed by atoms with Crippen molar-refractivity contribution >= 4 is 238 Å². The molecule has 9 nitrogen and oxygen atoms in total. The molecule has 8 aliphatic rings. The molecule has 0 spiro atoms. The van der Waals surface area contributed by atoms with Gasteiger partial charge >= 0.3 is 379 Å². The van der Waals surface area contributed by atoms with Gasteiger partial charge in [-0.3, -0.25) is 15.0 Å². The number of aromatic nitrogens is 8. The van der Waals surface area contributed by atoms with Gasteiger partial charge in [0.25, 0.3) is 0 Å². The van der Waals surface area contributed by atoms with Gasteiger partial charge in [-0.15, -0.1) is 32.2 Å². The molecule has 12 aromatic carbocycles. The van der Waals surface area contributed by atoms with Gasteiger partial charge in [-0.2, -0.15) is 72.8 Å². The van der Waals surface area contributed by atoms with Crippen LogP contribution in [0.1, 0.15) is 99.9 Å². The number of anilines is 3. The van der Waals surface area contributed by atoms with Gasteiger partial charge in [0.2, 0.25) is 0 Å². The predicted molar refractivity (Wildman–Crippen MR) is 547 cm³/mol. The third-order valence-electron chi connectivity index (χ3n) is 27.0. The SMILES string of the molecule is CC1(C)c2ccc[c-]c2-p2c3ncccc3c3cccc1c32.CC1(C)c2ccc[c-]c2P2c3ncccc3C(C)(C)c3cccc1c32.CC1(C)c2cccnc2-p2c3[c-]cccc3c3cccc1c32.[Ir].[Ir].[Ir].[Ir].[Ir].[Ir].[c-]1cccc2c1-n1c3ncccc3c3cccc(c31)[Se]2.[c-]1cccc2c1N1c3ncccc3[Se]c3cccc(c31)[Se]2.[c-]1cccc2c3cccc4c3n(c12)-c1ncccc1[Se]4. The molecule has 22 heteroatoms. The van der Waals surface area contributed by atoms with Crippen LogP contribution in [0.15, 0.2) is 328 Å². The van der Waals surface area contributed by atoms with Crippen LogP contribution in [0.5, 0.6) is 0 Å². The zero-order valence-corrected chi connectivity index (χ0v) is 98.1. The molecule has 0 amide bonds. The molecular formula is C114H78Ir6N9P3Se4-6. The number of pyridine rings is 6. The number of fused-ring (bicyclic) bond motifs is 28. The molecule has 0 fully saturated rings. The van der Waals surface area contributed by atoms with Crippen molar-refractivity contribution in [2.75, 3.05) is 4.90 Å². The first-order valence-corrected chi connectivity index (χ1v) is 54.6. The van der Waals surface area contributed by atoms with Crippen molar-refractivity contribution in [3.05, 3.63) is 409 Å². The van der Waals surface area contributed by atoms with Gasteiger partial charge in [0.05, 0.1) is 16.1 Å². The van der Waals surface area contributed by atoms with E-state index in [1.165, 1.54) is 199 Å². The van der Waals surface area contributed by atoms with Crippen LogP contribution in [-0.4, -0.2) is 98.9 Å². The van der Waals surface area contributed by atoms with E-state index < -0.39 is 23.0 Å².